The third-order valence-electron chi connectivity index (χ3n) is 5.88. The number of fused-ring (bicyclic) bond motifs is 1. The van der Waals surface area contributed by atoms with Gasteiger partial charge >= 0.3 is 5.97 Å². The summed E-state index contributed by atoms with van der Waals surface area (Å²) in [6.45, 7) is 2.65. The number of rotatable bonds is 4. The van der Waals surface area contributed by atoms with Crippen molar-refractivity contribution >= 4 is 11.9 Å². The normalized spacial score (nSPS) is 24.7. The molecule has 2 fully saturated rings. The van der Waals surface area contributed by atoms with Crippen LogP contribution in [0.5, 0.6) is 0 Å². The molecule has 1 aromatic heterocycles. The number of oxazole rings is 1. The van der Waals surface area contributed by atoms with E-state index in [1.165, 1.54) is 0 Å². The van der Waals surface area contributed by atoms with E-state index in [0.717, 1.165) is 18.4 Å². The Kier molecular flexibility index (Phi) is 4.05. The van der Waals surface area contributed by atoms with Gasteiger partial charge in [-0.2, -0.15) is 0 Å². The van der Waals surface area contributed by atoms with E-state index in [0.29, 0.717) is 36.9 Å². The first-order chi connectivity index (χ1) is 12.5. The molecule has 0 bridgehead atoms. The summed E-state index contributed by atoms with van der Waals surface area (Å²) in [7, 11) is 0. The average molecular weight is 354 g/mol. The number of benzene rings is 1. The molecule has 136 valence electrons. The van der Waals surface area contributed by atoms with Gasteiger partial charge in [0.1, 0.15) is 5.76 Å². The van der Waals surface area contributed by atoms with Crippen molar-refractivity contribution in [2.24, 2.45) is 11.3 Å². The predicted octanol–water partition coefficient (Wildman–Crippen LogP) is 2.91. The number of carboxylic acids is 1. The standard InChI is InChI=1S/C20H22N2O4/c1-13-16(21-18(26-13)14-6-3-2-4-7-14)10-17(23)22-11-15-8-5-9-20(15,12-22)19(24)25/h2-4,6-7,15H,5,8-12H2,1H3,(H,24,25)/t15-,20+/m0/s1. The van der Waals surface area contributed by atoms with E-state index in [9.17, 15) is 14.7 Å². The fourth-order valence-electron chi connectivity index (χ4n) is 4.38. The van der Waals surface area contributed by atoms with Crippen molar-refractivity contribution in [2.75, 3.05) is 13.1 Å². The number of carbonyl (C=O) groups excluding carboxylic acids is 1. The van der Waals surface area contributed by atoms with Crippen LogP contribution in [0.15, 0.2) is 34.7 Å². The van der Waals surface area contributed by atoms with Crippen LogP contribution in [0.2, 0.25) is 0 Å². The van der Waals surface area contributed by atoms with Crippen molar-refractivity contribution in [3.8, 4) is 11.5 Å². The molecule has 26 heavy (non-hydrogen) atoms. The van der Waals surface area contributed by atoms with Gasteiger partial charge in [-0.3, -0.25) is 9.59 Å². The van der Waals surface area contributed by atoms with Crippen molar-refractivity contribution in [3.63, 3.8) is 0 Å². The first-order valence-corrected chi connectivity index (χ1v) is 9.02. The largest absolute Gasteiger partial charge is 0.481 e. The molecular weight excluding hydrogens is 332 g/mol. The molecule has 0 spiro atoms. The molecule has 1 aliphatic heterocycles. The summed E-state index contributed by atoms with van der Waals surface area (Å²) in [5.74, 6) is 0.369. The summed E-state index contributed by atoms with van der Waals surface area (Å²) >= 11 is 0. The van der Waals surface area contributed by atoms with Crippen LogP contribution in [-0.4, -0.2) is 40.0 Å². The second kappa shape index (κ2) is 6.27. The van der Waals surface area contributed by atoms with Crippen LogP contribution >= 0.6 is 0 Å². The summed E-state index contributed by atoms with van der Waals surface area (Å²) in [5, 5.41) is 9.67. The Balaban J connectivity index is 1.50. The topological polar surface area (TPSA) is 83.6 Å². The number of hydrogen-bond donors (Lipinski definition) is 1. The van der Waals surface area contributed by atoms with E-state index in [2.05, 4.69) is 4.98 Å². The lowest BCUT2D eigenvalue weighted by Crippen LogP contribution is -2.37. The lowest BCUT2D eigenvalue weighted by atomic mass is 9.81. The molecule has 0 radical (unpaired) electrons. The van der Waals surface area contributed by atoms with Crippen molar-refractivity contribution in [2.45, 2.75) is 32.6 Å². The van der Waals surface area contributed by atoms with E-state index in [1.54, 1.807) is 11.8 Å². The van der Waals surface area contributed by atoms with E-state index in [4.69, 9.17) is 4.42 Å². The lowest BCUT2D eigenvalue weighted by Gasteiger charge is -2.23. The minimum Gasteiger partial charge on any atom is -0.481 e. The van der Waals surface area contributed by atoms with Crippen molar-refractivity contribution < 1.29 is 19.1 Å². The van der Waals surface area contributed by atoms with Crippen LogP contribution in [-0.2, 0) is 16.0 Å². The minimum atomic E-state index is -0.765. The van der Waals surface area contributed by atoms with Gasteiger partial charge in [0.05, 0.1) is 17.5 Å². The Labute approximate surface area is 151 Å². The fraction of sp³-hybridized carbons (Fsp3) is 0.450. The van der Waals surface area contributed by atoms with Crippen molar-refractivity contribution in [1.29, 1.82) is 0 Å². The van der Waals surface area contributed by atoms with Crippen LogP contribution < -0.4 is 0 Å². The minimum absolute atomic E-state index is 0.0715. The molecule has 2 atom stereocenters. The van der Waals surface area contributed by atoms with Crippen molar-refractivity contribution in [3.05, 3.63) is 41.8 Å². The van der Waals surface area contributed by atoms with Gasteiger partial charge in [-0.05, 0) is 37.8 Å². The molecule has 2 heterocycles. The maximum atomic E-state index is 12.8. The SMILES string of the molecule is Cc1oc(-c2ccccc2)nc1CC(=O)N1C[C@@H]2CCC[C@@]2(C(=O)O)C1. The molecule has 1 aromatic carbocycles. The zero-order valence-corrected chi connectivity index (χ0v) is 14.8. The second-order valence-corrected chi connectivity index (χ2v) is 7.39. The maximum absolute atomic E-state index is 12.8. The molecule has 1 N–H and O–H groups in total. The monoisotopic (exact) mass is 354 g/mol. The van der Waals surface area contributed by atoms with Crippen LogP contribution in [0.1, 0.15) is 30.7 Å². The Bertz CT molecular complexity index is 845. The molecule has 0 unspecified atom stereocenters. The van der Waals surface area contributed by atoms with Crippen LogP contribution in [0.4, 0.5) is 0 Å². The maximum Gasteiger partial charge on any atom is 0.311 e. The molecule has 4 rings (SSSR count). The average Bonchev–Trinajstić information content (AvgIpc) is 3.29. The third kappa shape index (κ3) is 2.69. The van der Waals surface area contributed by atoms with Crippen LogP contribution in [0.3, 0.4) is 0 Å². The number of aryl methyl sites for hydroxylation is 1. The summed E-state index contributed by atoms with van der Waals surface area (Å²) in [4.78, 5) is 30.7. The highest BCUT2D eigenvalue weighted by Gasteiger charge is 2.55. The Morgan fingerprint density at radius 3 is 2.81 bits per heavy atom. The van der Waals surface area contributed by atoms with Crippen LogP contribution in [0.25, 0.3) is 11.5 Å². The number of nitrogens with zero attached hydrogens (tertiary/aromatic N) is 2. The summed E-state index contributed by atoms with van der Waals surface area (Å²) < 4.78 is 5.72. The zero-order valence-electron chi connectivity index (χ0n) is 14.8. The Morgan fingerprint density at radius 1 is 1.35 bits per heavy atom. The predicted molar refractivity (Wildman–Crippen MR) is 94.4 cm³/mol. The van der Waals surface area contributed by atoms with Gasteiger partial charge < -0.3 is 14.4 Å². The smallest absolute Gasteiger partial charge is 0.311 e. The van der Waals surface area contributed by atoms with E-state index < -0.39 is 11.4 Å². The molecule has 6 nitrogen and oxygen atoms in total. The number of carboxylic acid groups (broad SMARTS) is 1. The quantitative estimate of drug-likeness (QED) is 0.913. The highest BCUT2D eigenvalue weighted by atomic mass is 16.4. The number of amides is 1. The van der Waals surface area contributed by atoms with E-state index >= 15 is 0 Å². The van der Waals surface area contributed by atoms with Gasteiger partial charge in [0.25, 0.3) is 0 Å². The molecule has 2 aromatic rings. The van der Waals surface area contributed by atoms with Gasteiger partial charge in [-0.1, -0.05) is 24.6 Å². The first-order valence-electron chi connectivity index (χ1n) is 9.02. The Morgan fingerprint density at radius 2 is 2.12 bits per heavy atom. The number of likely N-dealkylation sites (tertiary alicyclic amines) is 1. The molecule has 1 saturated carbocycles. The summed E-state index contributed by atoms with van der Waals surface area (Å²) in [5.41, 5.74) is 0.745. The number of aromatic nitrogens is 1. The van der Waals surface area contributed by atoms with Crippen LogP contribution in [0, 0.1) is 18.3 Å². The summed E-state index contributed by atoms with van der Waals surface area (Å²) in [6.07, 6.45) is 2.63. The number of carbonyl (C=O) groups is 2. The van der Waals surface area contributed by atoms with E-state index in [1.807, 2.05) is 30.3 Å². The van der Waals surface area contributed by atoms with Gasteiger partial charge in [0.15, 0.2) is 0 Å². The molecule has 2 aliphatic rings. The Hall–Kier alpha value is -2.63. The number of hydrogen-bond acceptors (Lipinski definition) is 4. The number of aliphatic carboxylic acids is 1. The molecule has 1 aliphatic carbocycles. The van der Waals surface area contributed by atoms with Gasteiger partial charge in [-0.15, -0.1) is 0 Å². The second-order valence-electron chi connectivity index (χ2n) is 7.39. The highest BCUT2D eigenvalue weighted by Crippen LogP contribution is 2.49. The van der Waals surface area contributed by atoms with E-state index in [-0.39, 0.29) is 18.2 Å². The summed E-state index contributed by atoms with van der Waals surface area (Å²) in [6, 6.07) is 9.57. The highest BCUT2D eigenvalue weighted by molar-refractivity contribution is 5.82. The molecular formula is C20H22N2O4. The third-order valence-corrected chi connectivity index (χ3v) is 5.88. The molecule has 1 amide bonds. The molecule has 1 saturated heterocycles. The first kappa shape index (κ1) is 16.8. The van der Waals surface area contributed by atoms with Gasteiger partial charge in [0, 0.05) is 18.7 Å². The fourth-order valence-corrected chi connectivity index (χ4v) is 4.38. The lowest BCUT2D eigenvalue weighted by molar-refractivity contribution is -0.149. The van der Waals surface area contributed by atoms with Gasteiger partial charge in [0.2, 0.25) is 11.8 Å². The molecule has 6 heteroatoms. The van der Waals surface area contributed by atoms with Gasteiger partial charge in [-0.25, -0.2) is 4.98 Å². The van der Waals surface area contributed by atoms with Crippen molar-refractivity contribution in [1.82, 2.24) is 9.88 Å². The zero-order chi connectivity index (χ0) is 18.3.